The average molecular weight is 371 g/mol. The molecular weight excluding hydrogens is 358 g/mol. The minimum atomic E-state index is -4.06. The lowest BCUT2D eigenvalue weighted by Gasteiger charge is -2.17. The van der Waals surface area contributed by atoms with Crippen LogP contribution in [0.15, 0.2) is 62.6 Å². The van der Waals surface area contributed by atoms with Crippen LogP contribution in [0.5, 0.6) is 5.75 Å². The van der Waals surface area contributed by atoms with Crippen molar-refractivity contribution in [2.24, 2.45) is 0 Å². The van der Waals surface area contributed by atoms with Gasteiger partial charge in [-0.15, -0.1) is 0 Å². The SMILES string of the molecule is O=C1CCc2cc(OS(=O)(=O)c3ccc4oc(=O)ccc4c3)ccc2N1. The van der Waals surface area contributed by atoms with Crippen molar-refractivity contribution in [1.29, 1.82) is 0 Å². The van der Waals surface area contributed by atoms with Crippen LogP contribution >= 0.6 is 0 Å². The normalized spacial score (nSPS) is 13.9. The van der Waals surface area contributed by atoms with Crippen molar-refractivity contribution < 1.29 is 21.8 Å². The second-order valence-corrected chi connectivity index (χ2v) is 7.40. The summed E-state index contributed by atoms with van der Waals surface area (Å²) >= 11 is 0. The summed E-state index contributed by atoms with van der Waals surface area (Å²) in [5.41, 5.74) is 1.26. The number of anilines is 1. The predicted molar refractivity (Wildman–Crippen MR) is 93.7 cm³/mol. The van der Waals surface area contributed by atoms with Gasteiger partial charge in [0.25, 0.3) is 0 Å². The van der Waals surface area contributed by atoms with E-state index >= 15 is 0 Å². The molecule has 4 rings (SSSR count). The van der Waals surface area contributed by atoms with Gasteiger partial charge in [-0.1, -0.05) is 0 Å². The Morgan fingerprint density at radius 2 is 1.81 bits per heavy atom. The van der Waals surface area contributed by atoms with Crippen molar-refractivity contribution in [2.45, 2.75) is 17.7 Å². The molecule has 8 heteroatoms. The van der Waals surface area contributed by atoms with Crippen LogP contribution in [0.1, 0.15) is 12.0 Å². The highest BCUT2D eigenvalue weighted by Crippen LogP contribution is 2.29. The number of benzene rings is 2. The standard InChI is InChI=1S/C18H13NO6S/c20-17-7-1-11-9-13(3-5-15(11)19-17)25-26(22,23)14-4-6-16-12(10-14)2-8-18(21)24-16/h2-6,8-10H,1,7H2,(H,19,20). The van der Waals surface area contributed by atoms with Gasteiger partial charge < -0.3 is 13.9 Å². The van der Waals surface area contributed by atoms with Gasteiger partial charge in [0.2, 0.25) is 5.91 Å². The third-order valence-electron chi connectivity index (χ3n) is 4.06. The molecule has 2 heterocycles. The fourth-order valence-electron chi connectivity index (χ4n) is 2.79. The van der Waals surface area contributed by atoms with E-state index in [0.717, 1.165) is 5.56 Å². The maximum Gasteiger partial charge on any atom is 0.339 e. The van der Waals surface area contributed by atoms with Gasteiger partial charge in [-0.25, -0.2) is 4.79 Å². The van der Waals surface area contributed by atoms with Gasteiger partial charge in [0, 0.05) is 23.6 Å². The number of carbonyl (C=O) groups is 1. The molecule has 7 nitrogen and oxygen atoms in total. The summed E-state index contributed by atoms with van der Waals surface area (Å²) in [6, 6.07) is 11.5. The summed E-state index contributed by atoms with van der Waals surface area (Å²) < 4.78 is 35.3. The van der Waals surface area contributed by atoms with Gasteiger partial charge in [-0.05, 0) is 54.4 Å². The van der Waals surface area contributed by atoms with Crippen molar-refractivity contribution >= 4 is 32.7 Å². The Bertz CT molecular complexity index is 1200. The largest absolute Gasteiger partial charge is 0.423 e. The molecule has 0 bridgehead atoms. The molecule has 1 N–H and O–H groups in total. The molecule has 0 aliphatic carbocycles. The van der Waals surface area contributed by atoms with Crippen LogP contribution in [-0.4, -0.2) is 14.3 Å². The maximum atomic E-state index is 12.5. The van der Waals surface area contributed by atoms with E-state index in [9.17, 15) is 18.0 Å². The molecule has 2 aromatic carbocycles. The van der Waals surface area contributed by atoms with Crippen LogP contribution in [0.25, 0.3) is 11.0 Å². The van der Waals surface area contributed by atoms with E-state index in [1.807, 2.05) is 0 Å². The molecule has 1 aliphatic rings. The van der Waals surface area contributed by atoms with Gasteiger partial charge in [0.15, 0.2) is 0 Å². The first-order valence-electron chi connectivity index (χ1n) is 7.82. The molecule has 0 atom stereocenters. The highest BCUT2D eigenvalue weighted by atomic mass is 32.2. The molecule has 0 radical (unpaired) electrons. The number of rotatable bonds is 3. The molecule has 26 heavy (non-hydrogen) atoms. The van der Waals surface area contributed by atoms with E-state index in [1.54, 1.807) is 12.1 Å². The molecular formula is C18H13NO6S. The van der Waals surface area contributed by atoms with Gasteiger partial charge in [-0.2, -0.15) is 8.42 Å². The monoisotopic (exact) mass is 371 g/mol. The molecule has 1 aliphatic heterocycles. The van der Waals surface area contributed by atoms with E-state index in [4.69, 9.17) is 8.60 Å². The maximum absolute atomic E-state index is 12.5. The van der Waals surface area contributed by atoms with E-state index in [1.165, 1.54) is 36.4 Å². The summed E-state index contributed by atoms with van der Waals surface area (Å²) in [4.78, 5) is 22.5. The molecule has 0 saturated heterocycles. The highest BCUT2D eigenvalue weighted by Gasteiger charge is 2.20. The minimum absolute atomic E-state index is 0.0510. The quantitative estimate of drug-likeness (QED) is 0.560. The minimum Gasteiger partial charge on any atom is -0.423 e. The number of nitrogens with one attached hydrogen (secondary N) is 1. The number of carbonyl (C=O) groups excluding carboxylic acids is 1. The van der Waals surface area contributed by atoms with Gasteiger partial charge in [0.1, 0.15) is 16.2 Å². The summed E-state index contributed by atoms with van der Waals surface area (Å²) in [6.45, 7) is 0. The second kappa shape index (κ2) is 5.99. The fourth-order valence-corrected chi connectivity index (χ4v) is 3.75. The number of aryl methyl sites for hydroxylation is 1. The first kappa shape index (κ1) is 16.3. The van der Waals surface area contributed by atoms with Crippen LogP contribution in [-0.2, 0) is 21.3 Å². The van der Waals surface area contributed by atoms with Crippen LogP contribution in [0, 0.1) is 0 Å². The van der Waals surface area contributed by atoms with E-state index < -0.39 is 15.7 Å². The Morgan fingerprint density at radius 1 is 0.962 bits per heavy atom. The molecule has 1 amide bonds. The van der Waals surface area contributed by atoms with Crippen molar-refractivity contribution in [3.8, 4) is 5.75 Å². The molecule has 1 aromatic heterocycles. The number of fused-ring (bicyclic) bond motifs is 2. The summed E-state index contributed by atoms with van der Waals surface area (Å²) in [5.74, 6) is 0.0983. The summed E-state index contributed by atoms with van der Waals surface area (Å²) in [6.07, 6.45) is 0.868. The Labute approximate surface area is 148 Å². The number of amides is 1. The predicted octanol–water partition coefficient (Wildman–Crippen LogP) is 2.45. The Morgan fingerprint density at radius 3 is 2.65 bits per heavy atom. The molecule has 0 fully saturated rings. The number of hydrogen-bond acceptors (Lipinski definition) is 6. The third-order valence-corrected chi connectivity index (χ3v) is 5.30. The van der Waals surface area contributed by atoms with Gasteiger partial charge in [0.05, 0.1) is 0 Å². The van der Waals surface area contributed by atoms with Crippen molar-refractivity contribution in [1.82, 2.24) is 0 Å². The van der Waals surface area contributed by atoms with Gasteiger partial charge >= 0.3 is 15.7 Å². The van der Waals surface area contributed by atoms with Crippen molar-refractivity contribution in [2.75, 3.05) is 5.32 Å². The van der Waals surface area contributed by atoms with Crippen LogP contribution < -0.4 is 15.1 Å². The topological polar surface area (TPSA) is 103 Å². The average Bonchev–Trinajstić information content (AvgIpc) is 2.61. The van der Waals surface area contributed by atoms with Crippen LogP contribution in [0.2, 0.25) is 0 Å². The first-order chi connectivity index (χ1) is 12.4. The molecule has 3 aromatic rings. The zero-order valence-electron chi connectivity index (χ0n) is 13.4. The third kappa shape index (κ3) is 3.06. The zero-order chi connectivity index (χ0) is 18.3. The van der Waals surface area contributed by atoms with Crippen molar-refractivity contribution in [3.63, 3.8) is 0 Å². The van der Waals surface area contributed by atoms with Crippen LogP contribution in [0.4, 0.5) is 5.69 Å². The zero-order valence-corrected chi connectivity index (χ0v) is 14.2. The molecule has 132 valence electrons. The lowest BCUT2D eigenvalue weighted by atomic mass is 10.0. The van der Waals surface area contributed by atoms with Crippen molar-refractivity contribution in [3.05, 3.63) is 64.5 Å². The van der Waals surface area contributed by atoms with Gasteiger partial charge in [-0.3, -0.25) is 4.79 Å². The summed E-state index contributed by atoms with van der Waals surface area (Å²) in [7, 11) is -4.06. The molecule has 0 unspecified atom stereocenters. The van der Waals surface area contributed by atoms with E-state index in [-0.39, 0.29) is 16.6 Å². The first-order valence-corrected chi connectivity index (χ1v) is 9.23. The van der Waals surface area contributed by atoms with Crippen LogP contribution in [0.3, 0.4) is 0 Å². The van der Waals surface area contributed by atoms with E-state index in [0.29, 0.717) is 29.5 Å². The highest BCUT2D eigenvalue weighted by molar-refractivity contribution is 7.87. The lowest BCUT2D eigenvalue weighted by Crippen LogP contribution is -2.19. The summed E-state index contributed by atoms with van der Waals surface area (Å²) in [5, 5.41) is 3.20. The molecule has 0 spiro atoms. The van der Waals surface area contributed by atoms with E-state index in [2.05, 4.69) is 5.32 Å². The smallest absolute Gasteiger partial charge is 0.339 e. The molecule has 0 saturated carbocycles. The Balaban J connectivity index is 1.66. The number of hydrogen-bond donors (Lipinski definition) is 1. The second-order valence-electron chi connectivity index (χ2n) is 5.86. The Hall–Kier alpha value is -3.13. The fraction of sp³-hybridized carbons (Fsp3) is 0.111. The lowest BCUT2D eigenvalue weighted by molar-refractivity contribution is -0.116. The Kier molecular flexibility index (Phi) is 3.77.